The smallest absolute Gasteiger partial charge is 0.249 e. The molecule has 0 fully saturated rings. The molecule has 0 atom stereocenters. The highest BCUT2D eigenvalue weighted by atomic mass is 16.5. The summed E-state index contributed by atoms with van der Waals surface area (Å²) < 4.78 is 5.10. The molecule has 0 aromatic heterocycles. The number of nitrogens with one attached hydrogen (secondary N) is 2. The van der Waals surface area contributed by atoms with Crippen LogP contribution < -0.4 is 15.5 Å². The Morgan fingerprint density at radius 3 is 2.62 bits per heavy atom. The molecule has 2 aromatic carbocycles. The molecule has 2 rings (SSSR count). The van der Waals surface area contributed by atoms with E-state index in [-0.39, 0.29) is 12.3 Å². The lowest BCUT2D eigenvalue weighted by molar-refractivity contribution is -0.129. The number of nitrogens with zero attached hydrogens (tertiary/aromatic N) is 1. The summed E-state index contributed by atoms with van der Waals surface area (Å²) in [4.78, 5) is 23.4. The van der Waals surface area contributed by atoms with Gasteiger partial charge >= 0.3 is 0 Å². The lowest BCUT2D eigenvalue weighted by Gasteiger charge is -2.04. The average Bonchev–Trinajstić information content (AvgIpc) is 2.61. The van der Waals surface area contributed by atoms with E-state index in [4.69, 9.17) is 4.74 Å². The molecule has 0 heterocycles. The van der Waals surface area contributed by atoms with E-state index in [0.29, 0.717) is 12.3 Å². The number of rotatable bonds is 7. The molecule has 124 valence electrons. The molecule has 0 bridgehead atoms. The fourth-order valence-corrected chi connectivity index (χ4v) is 1.94. The third-order valence-electron chi connectivity index (χ3n) is 3.15. The summed E-state index contributed by atoms with van der Waals surface area (Å²) in [5.41, 5.74) is 4.08. The first kappa shape index (κ1) is 17.2. The van der Waals surface area contributed by atoms with Crippen LogP contribution in [0.5, 0.6) is 5.75 Å². The lowest BCUT2D eigenvalue weighted by atomic mass is 10.2. The highest BCUT2D eigenvalue weighted by Crippen LogP contribution is 2.10. The van der Waals surface area contributed by atoms with Crippen molar-refractivity contribution < 1.29 is 14.3 Å². The summed E-state index contributed by atoms with van der Waals surface area (Å²) in [5.74, 6) is -0.127. The van der Waals surface area contributed by atoms with Crippen LogP contribution in [0.3, 0.4) is 0 Å². The first-order valence-corrected chi connectivity index (χ1v) is 7.44. The molecular formula is C18H19N3O3. The van der Waals surface area contributed by atoms with Crippen LogP contribution in [-0.4, -0.2) is 25.1 Å². The zero-order valence-corrected chi connectivity index (χ0v) is 13.4. The number of hydrogen-bond donors (Lipinski definition) is 2. The summed E-state index contributed by atoms with van der Waals surface area (Å²) in [7, 11) is 1.58. The van der Waals surface area contributed by atoms with Gasteiger partial charge in [-0.25, -0.2) is 5.43 Å². The summed E-state index contributed by atoms with van der Waals surface area (Å²) in [6, 6.07) is 16.7. The number of hydrogen-bond acceptors (Lipinski definition) is 4. The normalized spacial score (nSPS) is 10.4. The molecule has 0 aliphatic carbocycles. The maximum Gasteiger partial charge on any atom is 0.249 e. The van der Waals surface area contributed by atoms with E-state index in [1.807, 2.05) is 48.5 Å². The number of amides is 2. The molecule has 0 radical (unpaired) electrons. The van der Waals surface area contributed by atoms with E-state index in [2.05, 4.69) is 15.8 Å². The van der Waals surface area contributed by atoms with Gasteiger partial charge in [0.05, 0.1) is 13.3 Å². The Labute approximate surface area is 140 Å². The third-order valence-corrected chi connectivity index (χ3v) is 3.15. The predicted molar refractivity (Wildman–Crippen MR) is 91.6 cm³/mol. The number of methoxy groups -OCH3 is 1. The van der Waals surface area contributed by atoms with Crippen molar-refractivity contribution in [3.8, 4) is 5.75 Å². The van der Waals surface area contributed by atoms with Crippen LogP contribution in [0.2, 0.25) is 0 Å². The van der Waals surface area contributed by atoms with Gasteiger partial charge in [-0.3, -0.25) is 9.59 Å². The standard InChI is InChI=1S/C18H19N3O3/c1-24-16-9-5-8-15(10-16)13-20-21-18(23)11-17(22)19-12-14-6-3-2-4-7-14/h2-10,13H,11-12H2,1H3,(H,19,22)(H,21,23)/b20-13+. The monoisotopic (exact) mass is 325 g/mol. The molecule has 0 aliphatic heterocycles. The average molecular weight is 325 g/mol. The lowest BCUT2D eigenvalue weighted by Crippen LogP contribution is -2.29. The number of ether oxygens (including phenoxy) is 1. The molecule has 0 saturated carbocycles. The first-order valence-electron chi connectivity index (χ1n) is 7.44. The van der Waals surface area contributed by atoms with Gasteiger partial charge in [-0.2, -0.15) is 5.10 Å². The largest absolute Gasteiger partial charge is 0.497 e. The fraction of sp³-hybridized carbons (Fsp3) is 0.167. The van der Waals surface area contributed by atoms with Crippen LogP contribution >= 0.6 is 0 Å². The van der Waals surface area contributed by atoms with Gasteiger partial charge in [-0.1, -0.05) is 42.5 Å². The molecule has 2 N–H and O–H groups in total. The Bertz CT molecular complexity index is 714. The van der Waals surface area contributed by atoms with Crippen molar-refractivity contribution in [2.24, 2.45) is 5.10 Å². The van der Waals surface area contributed by atoms with Crippen LogP contribution in [0, 0.1) is 0 Å². The van der Waals surface area contributed by atoms with Crippen molar-refractivity contribution in [2.75, 3.05) is 7.11 Å². The van der Waals surface area contributed by atoms with Gasteiger partial charge in [0.1, 0.15) is 12.2 Å². The van der Waals surface area contributed by atoms with Crippen molar-refractivity contribution in [2.45, 2.75) is 13.0 Å². The second kappa shape index (κ2) is 9.09. The van der Waals surface area contributed by atoms with Gasteiger partial charge in [-0.15, -0.1) is 0 Å². The predicted octanol–water partition coefficient (Wildman–Crippen LogP) is 1.85. The number of carbonyl (C=O) groups is 2. The molecule has 6 nitrogen and oxygen atoms in total. The molecule has 2 aromatic rings. The van der Waals surface area contributed by atoms with Gasteiger partial charge in [0.2, 0.25) is 11.8 Å². The maximum absolute atomic E-state index is 11.7. The van der Waals surface area contributed by atoms with Crippen molar-refractivity contribution in [1.82, 2.24) is 10.7 Å². The minimum absolute atomic E-state index is 0.276. The quantitative estimate of drug-likeness (QED) is 0.463. The molecule has 0 aliphatic rings. The molecule has 6 heteroatoms. The van der Waals surface area contributed by atoms with E-state index < -0.39 is 5.91 Å². The van der Waals surface area contributed by atoms with Crippen LogP contribution in [0.25, 0.3) is 0 Å². The van der Waals surface area contributed by atoms with Crippen molar-refractivity contribution in [3.05, 3.63) is 65.7 Å². The Morgan fingerprint density at radius 2 is 1.88 bits per heavy atom. The summed E-state index contributed by atoms with van der Waals surface area (Å²) in [6.45, 7) is 0.389. The fourth-order valence-electron chi connectivity index (χ4n) is 1.94. The van der Waals surface area contributed by atoms with Gasteiger partial charge in [0.15, 0.2) is 0 Å². The van der Waals surface area contributed by atoms with Gasteiger partial charge in [-0.05, 0) is 23.3 Å². The van der Waals surface area contributed by atoms with Gasteiger partial charge < -0.3 is 10.1 Å². The molecule has 2 amide bonds. The molecule has 0 unspecified atom stereocenters. The van der Waals surface area contributed by atoms with Crippen LogP contribution in [-0.2, 0) is 16.1 Å². The number of carbonyl (C=O) groups excluding carboxylic acids is 2. The number of hydrazone groups is 1. The molecule has 0 spiro atoms. The van der Waals surface area contributed by atoms with Gasteiger partial charge in [0.25, 0.3) is 0 Å². The van der Waals surface area contributed by atoms with Gasteiger partial charge in [0, 0.05) is 6.54 Å². The Balaban J connectivity index is 1.74. The van der Waals surface area contributed by atoms with E-state index >= 15 is 0 Å². The second-order valence-electron chi connectivity index (χ2n) is 5.01. The highest BCUT2D eigenvalue weighted by Gasteiger charge is 2.08. The van der Waals surface area contributed by atoms with E-state index in [1.54, 1.807) is 13.2 Å². The maximum atomic E-state index is 11.7. The minimum atomic E-state index is -0.472. The van der Waals surface area contributed by atoms with Crippen molar-refractivity contribution >= 4 is 18.0 Å². The zero-order chi connectivity index (χ0) is 17.2. The summed E-state index contributed by atoms with van der Waals surface area (Å²) >= 11 is 0. The third kappa shape index (κ3) is 5.92. The highest BCUT2D eigenvalue weighted by molar-refractivity contribution is 5.97. The molecular weight excluding hydrogens is 306 g/mol. The van der Waals surface area contributed by atoms with Crippen LogP contribution in [0.15, 0.2) is 59.7 Å². The minimum Gasteiger partial charge on any atom is -0.497 e. The van der Waals surface area contributed by atoms with Crippen molar-refractivity contribution in [3.63, 3.8) is 0 Å². The Hall–Kier alpha value is -3.15. The summed E-state index contributed by atoms with van der Waals surface area (Å²) in [6.07, 6.45) is 1.21. The molecule has 0 saturated heterocycles. The zero-order valence-electron chi connectivity index (χ0n) is 13.4. The van der Waals surface area contributed by atoms with Crippen molar-refractivity contribution in [1.29, 1.82) is 0 Å². The Kier molecular flexibility index (Phi) is 6.52. The summed E-state index contributed by atoms with van der Waals surface area (Å²) in [5, 5.41) is 6.51. The van der Waals surface area contributed by atoms with E-state index in [1.165, 1.54) is 6.21 Å². The second-order valence-corrected chi connectivity index (χ2v) is 5.01. The topological polar surface area (TPSA) is 79.8 Å². The number of benzene rings is 2. The van der Waals surface area contributed by atoms with Crippen LogP contribution in [0.4, 0.5) is 0 Å². The SMILES string of the molecule is COc1cccc(/C=N/NC(=O)CC(=O)NCc2ccccc2)c1. The van der Waals surface area contributed by atoms with E-state index in [9.17, 15) is 9.59 Å². The molecule has 24 heavy (non-hydrogen) atoms. The first-order chi connectivity index (χ1) is 11.7. The van der Waals surface area contributed by atoms with E-state index in [0.717, 1.165) is 11.1 Å². The van der Waals surface area contributed by atoms with Crippen LogP contribution in [0.1, 0.15) is 17.5 Å². The Morgan fingerprint density at radius 1 is 1.08 bits per heavy atom.